The van der Waals surface area contributed by atoms with Gasteiger partial charge in [-0.15, -0.1) is 0 Å². The maximum atomic E-state index is 2.61. The zero-order valence-corrected chi connectivity index (χ0v) is 54.0. The third-order valence-corrected chi connectivity index (χ3v) is 18.1. The van der Waals surface area contributed by atoms with E-state index in [1.807, 2.05) is 0 Å². The Kier molecular flexibility index (Phi) is 20.7. The minimum absolute atomic E-state index is 1.04. The van der Waals surface area contributed by atoms with Gasteiger partial charge in [0.1, 0.15) is 0 Å². The fourth-order valence-electron chi connectivity index (χ4n) is 13.1. The molecule has 0 radical (unpaired) electrons. The molecule has 0 aliphatic heterocycles. The first-order valence-electron chi connectivity index (χ1n) is 33.4. The summed E-state index contributed by atoms with van der Waals surface area (Å²) in [6, 6.07) is 94.0. The Hall–Kier alpha value is -8.98. The predicted octanol–water partition coefficient (Wildman–Crippen LogP) is 25.7. The van der Waals surface area contributed by atoms with Gasteiger partial charge in [-0.3, -0.25) is 0 Å². The lowest BCUT2D eigenvalue weighted by molar-refractivity contribution is 0.664. The van der Waals surface area contributed by atoms with E-state index < -0.39 is 0 Å². The summed E-state index contributed by atoms with van der Waals surface area (Å²) in [6.45, 7) is 15.9. The van der Waals surface area contributed by atoms with Crippen molar-refractivity contribution >= 4 is 34.1 Å². The van der Waals surface area contributed by atoms with E-state index in [1.54, 1.807) is 0 Å². The van der Waals surface area contributed by atoms with Gasteiger partial charge in [0.15, 0.2) is 0 Å². The molecule has 0 aliphatic rings. The number of nitrogens with zero attached hydrogens (tertiary/aromatic N) is 2. The molecule has 0 heterocycles. The molecular weight excluding hydrogens is 1070 g/mol. The van der Waals surface area contributed by atoms with E-state index in [4.69, 9.17) is 0 Å². The van der Waals surface area contributed by atoms with Crippen LogP contribution in [0, 0.1) is 20.8 Å². The third-order valence-electron chi connectivity index (χ3n) is 18.1. The van der Waals surface area contributed by atoms with Crippen LogP contribution in [0.15, 0.2) is 249 Å². The lowest BCUT2D eigenvalue weighted by Gasteiger charge is -2.28. The van der Waals surface area contributed by atoms with E-state index >= 15 is 0 Å². The number of aryl methyl sites for hydroxylation is 7. The van der Waals surface area contributed by atoms with Crippen LogP contribution < -0.4 is 9.80 Å². The first-order chi connectivity index (χ1) is 43.7. The summed E-state index contributed by atoms with van der Waals surface area (Å²) in [7, 11) is 0. The molecule has 0 amide bonds. The SMILES string of the molecule is CCCCCCc1cc(-c2ccc(N(c3ccc(-c4ccc(CCC)cc4)cc3)c3ccc(-c4ccc(CCC)cc4)cc3)cc2C)c(CCCCCC)cc1-c1ccc(N(c2ccc(-c3ccccc3)cc2)c2ccc(-c3ccc(C)cc3)cc2)cc1C. The van der Waals surface area contributed by atoms with Crippen LogP contribution >= 0.6 is 0 Å². The van der Waals surface area contributed by atoms with Gasteiger partial charge in [-0.2, -0.15) is 0 Å². The maximum Gasteiger partial charge on any atom is 0.0464 e. The van der Waals surface area contributed by atoms with Crippen molar-refractivity contribution in [3.63, 3.8) is 0 Å². The van der Waals surface area contributed by atoms with Gasteiger partial charge in [-0.1, -0.05) is 261 Å². The second-order valence-electron chi connectivity index (χ2n) is 24.8. The molecule has 11 rings (SSSR count). The Morgan fingerprint density at radius 2 is 0.539 bits per heavy atom. The topological polar surface area (TPSA) is 6.48 Å². The highest BCUT2D eigenvalue weighted by molar-refractivity contribution is 5.87. The molecule has 11 aromatic carbocycles. The Labute approximate surface area is 533 Å². The second-order valence-corrected chi connectivity index (χ2v) is 24.8. The highest BCUT2D eigenvalue weighted by Crippen LogP contribution is 2.44. The summed E-state index contributed by atoms with van der Waals surface area (Å²) in [6.07, 6.45) is 16.3. The van der Waals surface area contributed by atoms with Crippen LogP contribution in [-0.4, -0.2) is 0 Å². The molecular formula is C87H90N2. The molecule has 89 heavy (non-hydrogen) atoms. The first-order valence-corrected chi connectivity index (χ1v) is 33.4. The van der Waals surface area contributed by atoms with Gasteiger partial charge in [0.2, 0.25) is 0 Å². The number of anilines is 6. The Morgan fingerprint density at radius 1 is 0.236 bits per heavy atom. The average Bonchev–Trinajstić information content (AvgIpc) is 1.49. The van der Waals surface area contributed by atoms with E-state index in [2.05, 4.69) is 307 Å². The summed E-state index contributed by atoms with van der Waals surface area (Å²) >= 11 is 0. The molecule has 2 nitrogen and oxygen atoms in total. The van der Waals surface area contributed by atoms with Crippen LogP contribution in [0.3, 0.4) is 0 Å². The van der Waals surface area contributed by atoms with Crippen molar-refractivity contribution < 1.29 is 0 Å². The van der Waals surface area contributed by atoms with Crippen molar-refractivity contribution in [2.24, 2.45) is 0 Å². The quantitative estimate of drug-likeness (QED) is 0.0499. The van der Waals surface area contributed by atoms with Crippen LogP contribution in [0.25, 0.3) is 66.8 Å². The lowest BCUT2D eigenvalue weighted by Crippen LogP contribution is -2.10. The van der Waals surface area contributed by atoms with Crippen molar-refractivity contribution in [1.29, 1.82) is 0 Å². The summed E-state index contributed by atoms with van der Waals surface area (Å²) in [5.74, 6) is 0. The molecule has 0 saturated carbocycles. The van der Waals surface area contributed by atoms with Gasteiger partial charge in [0, 0.05) is 34.1 Å². The number of rotatable bonds is 26. The van der Waals surface area contributed by atoms with E-state index in [-0.39, 0.29) is 0 Å². The molecule has 2 heteroatoms. The fraction of sp³-hybridized carbons (Fsp3) is 0.241. The van der Waals surface area contributed by atoms with Crippen LogP contribution in [0.4, 0.5) is 34.1 Å². The van der Waals surface area contributed by atoms with Crippen LogP contribution in [0.1, 0.15) is 131 Å². The molecule has 0 fully saturated rings. The average molecular weight is 1160 g/mol. The lowest BCUT2D eigenvalue weighted by atomic mass is 9.84. The minimum atomic E-state index is 1.04. The molecule has 11 aromatic rings. The van der Waals surface area contributed by atoms with Crippen molar-refractivity contribution in [2.45, 2.75) is 138 Å². The van der Waals surface area contributed by atoms with E-state index in [0.29, 0.717) is 0 Å². The zero-order valence-electron chi connectivity index (χ0n) is 54.0. The Bertz CT molecular complexity index is 3930. The zero-order chi connectivity index (χ0) is 61.5. The Balaban J connectivity index is 0.977. The van der Waals surface area contributed by atoms with E-state index in [0.717, 1.165) is 85.5 Å². The molecule has 0 bridgehead atoms. The van der Waals surface area contributed by atoms with Gasteiger partial charge in [0.25, 0.3) is 0 Å². The highest BCUT2D eigenvalue weighted by atomic mass is 15.1. The number of unbranched alkanes of at least 4 members (excludes halogenated alkanes) is 6. The van der Waals surface area contributed by atoms with Crippen LogP contribution in [-0.2, 0) is 25.7 Å². The van der Waals surface area contributed by atoms with Crippen molar-refractivity contribution in [3.05, 3.63) is 288 Å². The van der Waals surface area contributed by atoms with E-state index in [1.165, 1.54) is 144 Å². The summed E-state index contributed by atoms with van der Waals surface area (Å²) in [4.78, 5) is 4.87. The van der Waals surface area contributed by atoms with Gasteiger partial charge in [0.05, 0.1) is 0 Å². The van der Waals surface area contributed by atoms with Gasteiger partial charge in [-0.25, -0.2) is 0 Å². The number of hydrogen-bond acceptors (Lipinski definition) is 2. The fourth-order valence-corrected chi connectivity index (χ4v) is 13.1. The summed E-state index contributed by atoms with van der Waals surface area (Å²) in [5.41, 5.74) is 31.5. The molecule has 0 aliphatic carbocycles. The smallest absolute Gasteiger partial charge is 0.0464 e. The third kappa shape index (κ3) is 15.0. The number of benzene rings is 11. The van der Waals surface area contributed by atoms with Gasteiger partial charge in [-0.05, 0) is 232 Å². The number of hydrogen-bond donors (Lipinski definition) is 0. The highest BCUT2D eigenvalue weighted by Gasteiger charge is 2.21. The molecule has 448 valence electrons. The molecule has 0 aromatic heterocycles. The molecule has 0 saturated heterocycles. The van der Waals surface area contributed by atoms with Crippen LogP contribution in [0.2, 0.25) is 0 Å². The summed E-state index contributed by atoms with van der Waals surface area (Å²) in [5, 5.41) is 0. The van der Waals surface area contributed by atoms with Crippen LogP contribution in [0.5, 0.6) is 0 Å². The molecule has 0 unspecified atom stereocenters. The second kappa shape index (κ2) is 29.8. The minimum Gasteiger partial charge on any atom is -0.310 e. The van der Waals surface area contributed by atoms with E-state index in [9.17, 15) is 0 Å². The largest absolute Gasteiger partial charge is 0.310 e. The van der Waals surface area contributed by atoms with Crippen molar-refractivity contribution in [1.82, 2.24) is 0 Å². The Morgan fingerprint density at radius 3 is 0.854 bits per heavy atom. The molecule has 0 N–H and O–H groups in total. The molecule has 0 spiro atoms. The first kappa shape index (κ1) is 61.7. The summed E-state index contributed by atoms with van der Waals surface area (Å²) < 4.78 is 0. The van der Waals surface area contributed by atoms with Gasteiger partial charge >= 0.3 is 0 Å². The van der Waals surface area contributed by atoms with Crippen molar-refractivity contribution in [3.8, 4) is 66.8 Å². The predicted molar refractivity (Wildman–Crippen MR) is 386 cm³/mol. The maximum absolute atomic E-state index is 2.61. The normalized spacial score (nSPS) is 11.3. The monoisotopic (exact) mass is 1160 g/mol. The van der Waals surface area contributed by atoms with Crippen molar-refractivity contribution in [2.75, 3.05) is 9.80 Å². The standard InChI is InChI=1S/C87H90N2/c1-8-12-14-17-25-76-62-87(85-58-56-83(60-65(85)7)89(80-51-43-74(44-52-80)70-35-29-66(21-10-3)30-36-70)81-53-45-75(46-54-81)71-37-31-67(22-11-4)32-38-71)77(26-18-15-13-9-2)61-86(76)84-57-55-82(59-64(84)6)88(78-47-39-72(40-48-78)68-23-19-16-20-24-68)79-49-41-73(42-50-79)69-33-27-63(5)28-34-69/h16,19-20,23-24,27-62H,8-15,17-18,21-22,25-26H2,1-7H3. The molecule has 0 atom stereocenters. The van der Waals surface area contributed by atoms with Gasteiger partial charge < -0.3 is 9.80 Å².